The molecule has 2 aromatic carbocycles. The molecule has 3 nitrogen and oxygen atoms in total. The second kappa shape index (κ2) is 5.44. The molecule has 21 heavy (non-hydrogen) atoms. The van der Waals surface area contributed by atoms with Gasteiger partial charge in [-0.15, -0.1) is 0 Å². The Morgan fingerprint density at radius 1 is 1.14 bits per heavy atom. The number of aliphatic carboxylic acids is 1. The van der Waals surface area contributed by atoms with Crippen molar-refractivity contribution in [1.29, 1.82) is 0 Å². The molecule has 106 valence electrons. The maximum absolute atomic E-state index is 10.6. The predicted molar refractivity (Wildman–Crippen MR) is 84.2 cm³/mol. The maximum atomic E-state index is 10.6. The van der Waals surface area contributed by atoms with E-state index in [1.54, 1.807) is 6.08 Å². The Bertz CT molecular complexity index is 694. The topological polar surface area (TPSA) is 40.5 Å². The number of hydrogen-bond donors (Lipinski definition) is 1. The van der Waals surface area contributed by atoms with Gasteiger partial charge in [-0.2, -0.15) is 0 Å². The van der Waals surface area contributed by atoms with Gasteiger partial charge in [0.25, 0.3) is 0 Å². The van der Waals surface area contributed by atoms with Crippen LogP contribution in [-0.4, -0.2) is 11.1 Å². The van der Waals surface area contributed by atoms with E-state index in [0.29, 0.717) is 0 Å². The maximum Gasteiger partial charge on any atom is 0.328 e. The van der Waals surface area contributed by atoms with Gasteiger partial charge in [-0.25, -0.2) is 4.79 Å². The first-order chi connectivity index (χ1) is 10.1. The summed E-state index contributed by atoms with van der Waals surface area (Å²) in [6.07, 6.45) is 2.81. The fraction of sp³-hybridized carbons (Fsp3) is 0.167. The fourth-order valence-electron chi connectivity index (χ4n) is 2.72. The molecule has 0 aliphatic carbocycles. The predicted octanol–water partition coefficient (Wildman–Crippen LogP) is 3.61. The molecule has 1 aliphatic heterocycles. The van der Waals surface area contributed by atoms with Crippen LogP contribution in [0.25, 0.3) is 6.08 Å². The number of carboxylic acids is 1. The number of nitrogens with zero attached hydrogens (tertiary/aromatic N) is 1. The smallest absolute Gasteiger partial charge is 0.328 e. The molecule has 0 unspecified atom stereocenters. The monoisotopic (exact) mass is 279 g/mol. The van der Waals surface area contributed by atoms with Gasteiger partial charge >= 0.3 is 5.97 Å². The van der Waals surface area contributed by atoms with Gasteiger partial charge in [-0.3, -0.25) is 0 Å². The SMILES string of the molecule is Cc1cc(N2Cc3ccccc3C2)ccc1C=CC(=O)O. The van der Waals surface area contributed by atoms with Crippen LogP contribution in [0.2, 0.25) is 0 Å². The van der Waals surface area contributed by atoms with Crippen molar-refractivity contribution in [3.05, 3.63) is 70.8 Å². The molecule has 1 aliphatic rings. The standard InChI is InChI=1S/C18H17NO2/c1-13-10-17(8-6-14(13)7-9-18(20)21)19-11-15-4-2-3-5-16(15)12-19/h2-10H,11-12H2,1H3,(H,20,21). The van der Waals surface area contributed by atoms with Gasteiger partial charge in [-0.1, -0.05) is 30.3 Å². The van der Waals surface area contributed by atoms with Gasteiger partial charge in [0.2, 0.25) is 0 Å². The highest BCUT2D eigenvalue weighted by molar-refractivity contribution is 5.85. The number of fused-ring (bicyclic) bond motifs is 1. The van der Waals surface area contributed by atoms with E-state index in [1.165, 1.54) is 22.9 Å². The van der Waals surface area contributed by atoms with Crippen LogP contribution in [-0.2, 0) is 17.9 Å². The van der Waals surface area contributed by atoms with Crippen LogP contribution in [0.15, 0.2) is 48.5 Å². The molecule has 0 aromatic heterocycles. The third-order valence-electron chi connectivity index (χ3n) is 3.86. The van der Waals surface area contributed by atoms with E-state index in [-0.39, 0.29) is 0 Å². The summed E-state index contributed by atoms with van der Waals surface area (Å²) in [5, 5.41) is 8.70. The van der Waals surface area contributed by atoms with Crippen molar-refractivity contribution < 1.29 is 9.90 Å². The molecule has 3 heteroatoms. The Labute approximate surface area is 124 Å². The Hall–Kier alpha value is -2.55. The first kappa shape index (κ1) is 13.4. The van der Waals surface area contributed by atoms with Gasteiger partial charge in [0.15, 0.2) is 0 Å². The molecule has 0 amide bonds. The minimum absolute atomic E-state index is 0.923. The number of carboxylic acid groups (broad SMARTS) is 1. The zero-order valence-electron chi connectivity index (χ0n) is 11.9. The molecular formula is C18H17NO2. The zero-order chi connectivity index (χ0) is 14.8. The van der Waals surface area contributed by atoms with Gasteiger partial charge in [0.05, 0.1) is 0 Å². The van der Waals surface area contributed by atoms with Gasteiger partial charge in [-0.05, 0) is 47.4 Å². The summed E-state index contributed by atoms with van der Waals surface area (Å²) in [6, 6.07) is 14.7. The van der Waals surface area contributed by atoms with E-state index in [4.69, 9.17) is 5.11 Å². The Morgan fingerprint density at radius 3 is 2.38 bits per heavy atom. The molecular weight excluding hydrogens is 262 g/mol. The van der Waals surface area contributed by atoms with Crippen LogP contribution >= 0.6 is 0 Å². The zero-order valence-corrected chi connectivity index (χ0v) is 11.9. The number of aryl methyl sites for hydroxylation is 1. The molecule has 3 rings (SSSR count). The Balaban J connectivity index is 1.82. The van der Waals surface area contributed by atoms with Crippen LogP contribution in [0.5, 0.6) is 0 Å². The summed E-state index contributed by atoms with van der Waals surface area (Å²) in [4.78, 5) is 12.9. The molecule has 0 fully saturated rings. The van der Waals surface area contributed by atoms with Gasteiger partial charge < -0.3 is 10.0 Å². The molecule has 0 saturated heterocycles. The van der Waals surface area contributed by atoms with Gasteiger partial charge in [0.1, 0.15) is 0 Å². The average molecular weight is 279 g/mol. The number of hydrogen-bond acceptors (Lipinski definition) is 2. The molecule has 0 saturated carbocycles. The minimum Gasteiger partial charge on any atom is -0.478 e. The first-order valence-corrected chi connectivity index (χ1v) is 6.97. The molecule has 0 bridgehead atoms. The van der Waals surface area contributed by atoms with Crippen molar-refractivity contribution >= 4 is 17.7 Å². The summed E-state index contributed by atoms with van der Waals surface area (Å²) in [6.45, 7) is 3.87. The Morgan fingerprint density at radius 2 is 1.81 bits per heavy atom. The molecule has 0 spiro atoms. The second-order valence-electron chi connectivity index (χ2n) is 5.34. The van der Waals surface area contributed by atoms with Crippen molar-refractivity contribution in [2.24, 2.45) is 0 Å². The molecule has 0 atom stereocenters. The summed E-state index contributed by atoms with van der Waals surface area (Å²) >= 11 is 0. The van der Waals surface area contributed by atoms with E-state index in [1.807, 2.05) is 13.0 Å². The van der Waals surface area contributed by atoms with Gasteiger partial charge in [0, 0.05) is 24.9 Å². The summed E-state index contributed by atoms with van der Waals surface area (Å²) < 4.78 is 0. The first-order valence-electron chi connectivity index (χ1n) is 6.97. The van der Waals surface area contributed by atoms with E-state index in [0.717, 1.165) is 24.2 Å². The third kappa shape index (κ3) is 2.82. The molecule has 1 N–H and O–H groups in total. The van der Waals surface area contributed by atoms with E-state index < -0.39 is 5.97 Å². The minimum atomic E-state index is -0.923. The van der Waals surface area contributed by atoms with Crippen LogP contribution in [0.3, 0.4) is 0 Å². The van der Waals surface area contributed by atoms with Crippen molar-refractivity contribution in [2.45, 2.75) is 20.0 Å². The lowest BCUT2D eigenvalue weighted by atomic mass is 10.1. The normalized spacial score (nSPS) is 13.7. The molecule has 1 heterocycles. The summed E-state index contributed by atoms with van der Waals surface area (Å²) in [5.74, 6) is -0.923. The van der Waals surface area contributed by atoms with Crippen molar-refractivity contribution in [3.8, 4) is 0 Å². The fourth-order valence-corrected chi connectivity index (χ4v) is 2.72. The summed E-state index contributed by atoms with van der Waals surface area (Å²) in [7, 11) is 0. The molecule has 2 aromatic rings. The lowest BCUT2D eigenvalue weighted by Crippen LogP contribution is -2.14. The largest absolute Gasteiger partial charge is 0.478 e. The van der Waals surface area contributed by atoms with Crippen molar-refractivity contribution in [3.63, 3.8) is 0 Å². The number of rotatable bonds is 3. The average Bonchev–Trinajstić information content (AvgIpc) is 2.89. The van der Waals surface area contributed by atoms with Crippen LogP contribution < -0.4 is 4.90 Å². The van der Waals surface area contributed by atoms with E-state index in [9.17, 15) is 4.79 Å². The van der Waals surface area contributed by atoms with E-state index >= 15 is 0 Å². The molecule has 0 radical (unpaired) electrons. The Kier molecular flexibility index (Phi) is 3.48. The quantitative estimate of drug-likeness (QED) is 0.872. The number of anilines is 1. The summed E-state index contributed by atoms with van der Waals surface area (Å²) in [5.41, 5.74) is 5.96. The highest BCUT2D eigenvalue weighted by atomic mass is 16.4. The lowest BCUT2D eigenvalue weighted by molar-refractivity contribution is -0.131. The van der Waals surface area contributed by atoms with Crippen LogP contribution in [0.1, 0.15) is 22.3 Å². The highest BCUT2D eigenvalue weighted by Gasteiger charge is 2.18. The van der Waals surface area contributed by atoms with Crippen molar-refractivity contribution in [1.82, 2.24) is 0 Å². The number of benzene rings is 2. The van der Waals surface area contributed by atoms with Crippen LogP contribution in [0, 0.1) is 6.92 Å². The number of carbonyl (C=O) groups is 1. The van der Waals surface area contributed by atoms with Crippen molar-refractivity contribution in [2.75, 3.05) is 4.90 Å². The third-order valence-corrected chi connectivity index (χ3v) is 3.86. The lowest BCUT2D eigenvalue weighted by Gasteiger charge is -2.19. The second-order valence-corrected chi connectivity index (χ2v) is 5.34. The highest BCUT2D eigenvalue weighted by Crippen LogP contribution is 2.29. The van der Waals surface area contributed by atoms with E-state index in [2.05, 4.69) is 41.3 Å². The van der Waals surface area contributed by atoms with Crippen LogP contribution in [0.4, 0.5) is 5.69 Å².